The van der Waals surface area contributed by atoms with Gasteiger partial charge in [0.25, 0.3) is 0 Å². The van der Waals surface area contributed by atoms with Gasteiger partial charge in [-0.05, 0) is 30.0 Å². The number of hydrazine groups is 1. The zero-order valence-electron chi connectivity index (χ0n) is 11.9. The molecule has 0 fully saturated rings. The minimum absolute atomic E-state index is 0.0371. The van der Waals surface area contributed by atoms with Crippen molar-refractivity contribution in [2.75, 3.05) is 14.2 Å². The molecule has 18 heavy (non-hydrogen) atoms. The highest BCUT2D eigenvalue weighted by Crippen LogP contribution is 2.35. The van der Waals surface area contributed by atoms with E-state index in [2.05, 4.69) is 26.2 Å². The second-order valence-electron chi connectivity index (χ2n) is 4.86. The molecule has 1 aromatic carbocycles. The van der Waals surface area contributed by atoms with E-state index in [9.17, 15) is 0 Å². The Bertz CT molecular complexity index is 380. The number of hydrogen-bond donors (Lipinski definition) is 2. The standard InChI is InChI=1S/C14H24N2O2/c1-9(2)10(3)14(16-15)12-8-11(17-4)6-7-13(12)18-5/h6-10,14,16H,15H2,1-5H3. The number of nitrogens with one attached hydrogen (secondary N) is 1. The summed E-state index contributed by atoms with van der Waals surface area (Å²) in [5.74, 6) is 8.25. The van der Waals surface area contributed by atoms with E-state index in [1.807, 2.05) is 18.2 Å². The van der Waals surface area contributed by atoms with Crippen LogP contribution in [0.3, 0.4) is 0 Å². The minimum Gasteiger partial charge on any atom is -0.497 e. The number of ether oxygens (including phenoxy) is 2. The van der Waals surface area contributed by atoms with Crippen molar-refractivity contribution in [1.29, 1.82) is 0 Å². The fourth-order valence-corrected chi connectivity index (χ4v) is 1.99. The van der Waals surface area contributed by atoms with Gasteiger partial charge in [-0.3, -0.25) is 11.3 Å². The smallest absolute Gasteiger partial charge is 0.123 e. The van der Waals surface area contributed by atoms with Crippen molar-refractivity contribution in [3.63, 3.8) is 0 Å². The second kappa shape index (κ2) is 6.61. The predicted molar refractivity (Wildman–Crippen MR) is 73.6 cm³/mol. The lowest BCUT2D eigenvalue weighted by molar-refractivity contribution is 0.295. The van der Waals surface area contributed by atoms with Gasteiger partial charge in [0.1, 0.15) is 11.5 Å². The summed E-state index contributed by atoms with van der Waals surface area (Å²) in [5.41, 5.74) is 3.92. The van der Waals surface area contributed by atoms with Gasteiger partial charge in [-0.15, -0.1) is 0 Å². The molecule has 102 valence electrons. The summed E-state index contributed by atoms with van der Waals surface area (Å²) in [6, 6.07) is 5.80. The lowest BCUT2D eigenvalue weighted by Crippen LogP contribution is -2.34. The summed E-state index contributed by atoms with van der Waals surface area (Å²) in [6.07, 6.45) is 0. The molecule has 4 nitrogen and oxygen atoms in total. The molecule has 0 aromatic heterocycles. The lowest BCUT2D eigenvalue weighted by atomic mass is 9.86. The Balaban J connectivity index is 3.17. The van der Waals surface area contributed by atoms with Crippen LogP contribution in [-0.4, -0.2) is 14.2 Å². The van der Waals surface area contributed by atoms with Crippen molar-refractivity contribution in [3.05, 3.63) is 23.8 Å². The quantitative estimate of drug-likeness (QED) is 0.603. The summed E-state index contributed by atoms with van der Waals surface area (Å²) >= 11 is 0. The Kier molecular flexibility index (Phi) is 5.44. The maximum Gasteiger partial charge on any atom is 0.123 e. The third kappa shape index (κ3) is 3.15. The molecule has 0 bridgehead atoms. The Hall–Kier alpha value is -1.26. The molecule has 3 N–H and O–H groups in total. The van der Waals surface area contributed by atoms with Gasteiger partial charge >= 0.3 is 0 Å². The number of benzene rings is 1. The van der Waals surface area contributed by atoms with Gasteiger partial charge in [0, 0.05) is 5.56 Å². The topological polar surface area (TPSA) is 56.5 Å². The summed E-state index contributed by atoms with van der Waals surface area (Å²) in [4.78, 5) is 0. The molecule has 0 saturated heterocycles. The molecule has 0 amide bonds. The molecule has 0 aliphatic carbocycles. The maximum atomic E-state index is 5.71. The van der Waals surface area contributed by atoms with Gasteiger partial charge in [-0.25, -0.2) is 0 Å². The first-order valence-electron chi connectivity index (χ1n) is 6.23. The summed E-state index contributed by atoms with van der Waals surface area (Å²) in [5, 5.41) is 0. The zero-order valence-corrected chi connectivity index (χ0v) is 11.9. The van der Waals surface area contributed by atoms with Crippen LogP contribution in [0.2, 0.25) is 0 Å². The van der Waals surface area contributed by atoms with Gasteiger partial charge in [0.05, 0.1) is 20.3 Å². The Morgan fingerprint density at radius 3 is 2.22 bits per heavy atom. The van der Waals surface area contributed by atoms with E-state index in [4.69, 9.17) is 15.3 Å². The second-order valence-corrected chi connectivity index (χ2v) is 4.86. The maximum absolute atomic E-state index is 5.71. The van der Waals surface area contributed by atoms with E-state index in [0.717, 1.165) is 17.1 Å². The largest absolute Gasteiger partial charge is 0.497 e. The van der Waals surface area contributed by atoms with Crippen molar-refractivity contribution < 1.29 is 9.47 Å². The first-order valence-corrected chi connectivity index (χ1v) is 6.23. The first kappa shape index (κ1) is 14.8. The number of hydrogen-bond acceptors (Lipinski definition) is 4. The van der Waals surface area contributed by atoms with E-state index < -0.39 is 0 Å². The average Bonchev–Trinajstić information content (AvgIpc) is 2.39. The summed E-state index contributed by atoms with van der Waals surface area (Å²) in [6.45, 7) is 6.54. The normalized spacial score (nSPS) is 14.4. The van der Waals surface area contributed by atoms with Gasteiger partial charge in [-0.2, -0.15) is 0 Å². The molecule has 0 saturated carbocycles. The molecule has 1 rings (SSSR count). The van der Waals surface area contributed by atoms with E-state index in [-0.39, 0.29) is 6.04 Å². The first-order chi connectivity index (χ1) is 8.54. The number of rotatable bonds is 6. The average molecular weight is 252 g/mol. The fourth-order valence-electron chi connectivity index (χ4n) is 1.99. The van der Waals surface area contributed by atoms with Gasteiger partial charge < -0.3 is 9.47 Å². The van der Waals surface area contributed by atoms with E-state index in [1.54, 1.807) is 14.2 Å². The van der Waals surface area contributed by atoms with Crippen molar-refractivity contribution in [2.45, 2.75) is 26.8 Å². The van der Waals surface area contributed by atoms with Crippen LogP contribution in [-0.2, 0) is 0 Å². The van der Waals surface area contributed by atoms with Crippen LogP contribution in [0.5, 0.6) is 11.5 Å². The molecule has 2 atom stereocenters. The minimum atomic E-state index is 0.0371. The van der Waals surface area contributed by atoms with Crippen LogP contribution in [0.1, 0.15) is 32.4 Å². The Morgan fingerprint density at radius 2 is 1.78 bits per heavy atom. The molecule has 0 aliphatic heterocycles. The van der Waals surface area contributed by atoms with E-state index in [1.165, 1.54) is 0 Å². The molecule has 0 radical (unpaired) electrons. The fraction of sp³-hybridized carbons (Fsp3) is 0.571. The van der Waals surface area contributed by atoms with Crippen molar-refractivity contribution in [3.8, 4) is 11.5 Å². The molecule has 0 spiro atoms. The van der Waals surface area contributed by atoms with Gasteiger partial charge in [0.2, 0.25) is 0 Å². The van der Waals surface area contributed by atoms with Crippen LogP contribution in [0, 0.1) is 11.8 Å². The van der Waals surface area contributed by atoms with Crippen molar-refractivity contribution in [1.82, 2.24) is 5.43 Å². The molecular weight excluding hydrogens is 228 g/mol. The Labute approximate surface area is 109 Å². The number of methoxy groups -OCH3 is 2. The van der Waals surface area contributed by atoms with Crippen LogP contribution >= 0.6 is 0 Å². The van der Waals surface area contributed by atoms with Crippen molar-refractivity contribution in [2.24, 2.45) is 17.7 Å². The van der Waals surface area contributed by atoms with Crippen LogP contribution in [0.15, 0.2) is 18.2 Å². The highest BCUT2D eigenvalue weighted by atomic mass is 16.5. The van der Waals surface area contributed by atoms with Gasteiger partial charge in [0.15, 0.2) is 0 Å². The monoisotopic (exact) mass is 252 g/mol. The molecule has 2 unspecified atom stereocenters. The van der Waals surface area contributed by atoms with E-state index in [0.29, 0.717) is 11.8 Å². The SMILES string of the molecule is COc1ccc(OC)c(C(NN)C(C)C(C)C)c1. The van der Waals surface area contributed by atoms with Crippen LogP contribution in [0.25, 0.3) is 0 Å². The molecule has 1 aromatic rings. The highest BCUT2D eigenvalue weighted by molar-refractivity contribution is 5.42. The third-order valence-corrected chi connectivity index (χ3v) is 3.53. The molecule has 0 aliphatic rings. The highest BCUT2D eigenvalue weighted by Gasteiger charge is 2.24. The number of nitrogens with two attached hydrogens (primary N) is 1. The molecule has 0 heterocycles. The summed E-state index contributed by atoms with van der Waals surface area (Å²) in [7, 11) is 3.32. The lowest BCUT2D eigenvalue weighted by Gasteiger charge is -2.28. The van der Waals surface area contributed by atoms with E-state index >= 15 is 0 Å². The summed E-state index contributed by atoms with van der Waals surface area (Å²) < 4.78 is 10.7. The zero-order chi connectivity index (χ0) is 13.7. The predicted octanol–water partition coefficient (Wildman–Crippen LogP) is 2.50. The Morgan fingerprint density at radius 1 is 1.11 bits per heavy atom. The molecular formula is C14H24N2O2. The third-order valence-electron chi connectivity index (χ3n) is 3.53. The molecule has 4 heteroatoms. The van der Waals surface area contributed by atoms with Crippen LogP contribution in [0.4, 0.5) is 0 Å². The van der Waals surface area contributed by atoms with Gasteiger partial charge in [-0.1, -0.05) is 20.8 Å². The van der Waals surface area contributed by atoms with Crippen LogP contribution < -0.4 is 20.7 Å². The van der Waals surface area contributed by atoms with Crippen molar-refractivity contribution >= 4 is 0 Å².